The highest BCUT2D eigenvalue weighted by atomic mass is 15.1. The molecule has 15 heavy (non-hydrogen) atoms. The van der Waals surface area contributed by atoms with Gasteiger partial charge in [0, 0.05) is 12.4 Å². The highest BCUT2D eigenvalue weighted by Gasteiger charge is 1.97. The quantitative estimate of drug-likeness (QED) is 0.719. The molecule has 0 aromatic carbocycles. The maximum absolute atomic E-state index is 5.63. The third kappa shape index (κ3) is 2.52. The molecule has 2 aromatic rings. The zero-order valence-corrected chi connectivity index (χ0v) is 8.31. The largest absolute Gasteiger partial charge is 0.325 e. The van der Waals surface area contributed by atoms with Gasteiger partial charge in [-0.15, -0.1) is 0 Å². The van der Waals surface area contributed by atoms with E-state index < -0.39 is 0 Å². The van der Waals surface area contributed by atoms with Crippen LogP contribution in [0.2, 0.25) is 0 Å². The molecule has 2 rings (SSSR count). The standard InChI is InChI=1S/C10H9BN4/c1-7-12-5-3-9(14-7)15-10-6-8(11)2-4-13-10/h2-6H,1H3,(H,12,13,14,15). The molecular formula is C10H9BN4. The lowest BCUT2D eigenvalue weighted by molar-refractivity contribution is 1.05. The molecule has 72 valence electrons. The average molecular weight is 196 g/mol. The number of aromatic nitrogens is 3. The van der Waals surface area contributed by atoms with Gasteiger partial charge in [0.2, 0.25) is 0 Å². The van der Waals surface area contributed by atoms with E-state index in [1.807, 2.05) is 6.92 Å². The Balaban J connectivity index is 2.22. The number of anilines is 2. The number of nitrogens with one attached hydrogen (secondary N) is 1. The van der Waals surface area contributed by atoms with Crippen molar-refractivity contribution in [1.82, 2.24) is 15.0 Å². The summed E-state index contributed by atoms with van der Waals surface area (Å²) in [6.07, 6.45) is 3.34. The number of pyridine rings is 1. The Morgan fingerprint density at radius 3 is 2.67 bits per heavy atom. The molecule has 2 radical (unpaired) electrons. The lowest BCUT2D eigenvalue weighted by Crippen LogP contribution is -2.05. The first kappa shape index (κ1) is 9.64. The normalized spacial score (nSPS) is 9.93. The van der Waals surface area contributed by atoms with Crippen molar-refractivity contribution < 1.29 is 0 Å². The summed E-state index contributed by atoms with van der Waals surface area (Å²) in [6.45, 7) is 1.83. The van der Waals surface area contributed by atoms with Crippen molar-refractivity contribution >= 4 is 24.9 Å². The van der Waals surface area contributed by atoms with E-state index in [9.17, 15) is 0 Å². The van der Waals surface area contributed by atoms with Gasteiger partial charge in [0.15, 0.2) is 0 Å². The number of nitrogens with zero attached hydrogens (tertiary/aromatic N) is 3. The molecule has 0 spiro atoms. The predicted octanol–water partition coefficient (Wildman–Crippen LogP) is 0.717. The minimum absolute atomic E-state index is 0.665. The van der Waals surface area contributed by atoms with E-state index in [4.69, 9.17) is 7.85 Å². The summed E-state index contributed by atoms with van der Waals surface area (Å²) >= 11 is 0. The molecule has 0 saturated heterocycles. The van der Waals surface area contributed by atoms with Gasteiger partial charge in [-0.25, -0.2) is 15.0 Å². The molecule has 0 fully saturated rings. The molecule has 0 aliphatic carbocycles. The van der Waals surface area contributed by atoms with E-state index in [0.29, 0.717) is 22.9 Å². The van der Waals surface area contributed by atoms with E-state index in [0.717, 1.165) is 0 Å². The van der Waals surface area contributed by atoms with Crippen LogP contribution >= 0.6 is 0 Å². The number of aryl methyl sites for hydroxylation is 1. The van der Waals surface area contributed by atoms with Crippen molar-refractivity contribution in [2.75, 3.05) is 5.32 Å². The second-order valence-corrected chi connectivity index (χ2v) is 3.09. The van der Waals surface area contributed by atoms with Crippen LogP contribution < -0.4 is 10.8 Å². The van der Waals surface area contributed by atoms with Gasteiger partial charge in [0.25, 0.3) is 0 Å². The topological polar surface area (TPSA) is 50.7 Å². The maximum Gasteiger partial charge on any atom is 0.135 e. The van der Waals surface area contributed by atoms with E-state index >= 15 is 0 Å². The lowest BCUT2D eigenvalue weighted by Gasteiger charge is -2.05. The summed E-state index contributed by atoms with van der Waals surface area (Å²) in [5, 5.41) is 3.04. The van der Waals surface area contributed by atoms with E-state index in [2.05, 4.69) is 20.3 Å². The van der Waals surface area contributed by atoms with Gasteiger partial charge < -0.3 is 5.32 Å². The molecule has 5 heteroatoms. The molecule has 0 atom stereocenters. The Hall–Kier alpha value is -1.91. The predicted molar refractivity (Wildman–Crippen MR) is 59.7 cm³/mol. The number of rotatable bonds is 2. The third-order valence-electron chi connectivity index (χ3n) is 1.82. The molecular weight excluding hydrogens is 187 g/mol. The van der Waals surface area contributed by atoms with Crippen molar-refractivity contribution in [3.63, 3.8) is 0 Å². The molecule has 0 unspecified atom stereocenters. The van der Waals surface area contributed by atoms with Gasteiger partial charge >= 0.3 is 0 Å². The van der Waals surface area contributed by atoms with Crippen LogP contribution in [0.15, 0.2) is 30.6 Å². The first-order valence-electron chi connectivity index (χ1n) is 4.52. The zero-order chi connectivity index (χ0) is 10.7. The van der Waals surface area contributed by atoms with Gasteiger partial charge in [-0.3, -0.25) is 0 Å². The molecule has 0 aliphatic rings. The lowest BCUT2D eigenvalue weighted by atomic mass is 9.98. The van der Waals surface area contributed by atoms with Crippen LogP contribution in [0.1, 0.15) is 5.82 Å². The highest BCUT2D eigenvalue weighted by Crippen LogP contribution is 2.08. The van der Waals surface area contributed by atoms with E-state index in [-0.39, 0.29) is 0 Å². The first-order chi connectivity index (χ1) is 7.24. The third-order valence-corrected chi connectivity index (χ3v) is 1.82. The van der Waals surface area contributed by atoms with Crippen LogP contribution in [0.5, 0.6) is 0 Å². The SMILES string of the molecule is [B]c1ccnc(Nc2ccnc(C)n2)c1. The number of hydrogen-bond donors (Lipinski definition) is 1. The highest BCUT2D eigenvalue weighted by molar-refractivity contribution is 6.32. The fourth-order valence-electron chi connectivity index (χ4n) is 1.17. The van der Waals surface area contributed by atoms with Crippen LogP contribution in [0.3, 0.4) is 0 Å². The van der Waals surface area contributed by atoms with Crippen LogP contribution in [-0.4, -0.2) is 22.8 Å². The minimum Gasteiger partial charge on any atom is -0.325 e. The van der Waals surface area contributed by atoms with Crippen molar-refractivity contribution in [2.24, 2.45) is 0 Å². The average Bonchev–Trinajstić information content (AvgIpc) is 2.17. The molecule has 0 saturated carbocycles. The van der Waals surface area contributed by atoms with Gasteiger partial charge in [-0.1, -0.05) is 11.5 Å². The van der Waals surface area contributed by atoms with Gasteiger partial charge in [0.1, 0.15) is 25.3 Å². The van der Waals surface area contributed by atoms with E-state index in [1.165, 1.54) is 0 Å². The summed E-state index contributed by atoms with van der Waals surface area (Å²) < 4.78 is 0. The molecule has 2 aromatic heterocycles. The molecule has 1 N–H and O–H groups in total. The zero-order valence-electron chi connectivity index (χ0n) is 8.31. The molecule has 2 heterocycles. The Morgan fingerprint density at radius 2 is 1.93 bits per heavy atom. The Labute approximate surface area is 89.2 Å². The van der Waals surface area contributed by atoms with Gasteiger partial charge in [-0.2, -0.15) is 0 Å². The van der Waals surface area contributed by atoms with Crippen molar-refractivity contribution in [3.8, 4) is 0 Å². The van der Waals surface area contributed by atoms with Crippen molar-refractivity contribution in [2.45, 2.75) is 6.92 Å². The summed E-state index contributed by atoms with van der Waals surface area (Å²) in [4.78, 5) is 12.3. The number of hydrogen-bond acceptors (Lipinski definition) is 4. The van der Waals surface area contributed by atoms with Crippen LogP contribution in [-0.2, 0) is 0 Å². The summed E-state index contributed by atoms with van der Waals surface area (Å²) in [6, 6.07) is 5.26. The van der Waals surface area contributed by atoms with Crippen molar-refractivity contribution in [1.29, 1.82) is 0 Å². The van der Waals surface area contributed by atoms with Crippen LogP contribution in [0.25, 0.3) is 0 Å². The Morgan fingerprint density at radius 1 is 1.13 bits per heavy atom. The molecule has 4 nitrogen and oxygen atoms in total. The van der Waals surface area contributed by atoms with Crippen LogP contribution in [0.4, 0.5) is 11.6 Å². The summed E-state index contributed by atoms with van der Waals surface area (Å²) in [5.74, 6) is 2.10. The molecule has 0 bridgehead atoms. The summed E-state index contributed by atoms with van der Waals surface area (Å²) in [5.41, 5.74) is 0.665. The maximum atomic E-state index is 5.63. The fourth-order valence-corrected chi connectivity index (χ4v) is 1.17. The van der Waals surface area contributed by atoms with Crippen molar-refractivity contribution in [3.05, 3.63) is 36.4 Å². The van der Waals surface area contributed by atoms with Crippen LogP contribution in [0, 0.1) is 6.92 Å². The second-order valence-electron chi connectivity index (χ2n) is 3.09. The van der Waals surface area contributed by atoms with Gasteiger partial charge in [0.05, 0.1) is 0 Å². The summed E-state index contributed by atoms with van der Waals surface area (Å²) in [7, 11) is 5.63. The second kappa shape index (κ2) is 4.08. The Kier molecular flexibility index (Phi) is 2.62. The van der Waals surface area contributed by atoms with Gasteiger partial charge in [-0.05, 0) is 19.1 Å². The minimum atomic E-state index is 0.665. The van der Waals surface area contributed by atoms with E-state index in [1.54, 1.807) is 30.6 Å². The first-order valence-corrected chi connectivity index (χ1v) is 4.52. The Bertz CT molecular complexity index is 429. The fraction of sp³-hybridized carbons (Fsp3) is 0.100. The smallest absolute Gasteiger partial charge is 0.135 e. The monoisotopic (exact) mass is 196 g/mol. The molecule has 0 amide bonds. The molecule has 0 aliphatic heterocycles.